The van der Waals surface area contributed by atoms with E-state index in [9.17, 15) is 4.79 Å². The molecule has 1 N–H and O–H groups in total. The van der Waals surface area contributed by atoms with E-state index < -0.39 is 0 Å². The molecule has 1 unspecified atom stereocenters. The Balaban J connectivity index is 1.92. The lowest BCUT2D eigenvalue weighted by Crippen LogP contribution is -2.31. The molecule has 0 radical (unpaired) electrons. The van der Waals surface area contributed by atoms with Crippen LogP contribution in [-0.2, 0) is 11.3 Å². The third kappa shape index (κ3) is 3.24. The zero-order valence-electron chi connectivity index (χ0n) is 11.3. The van der Waals surface area contributed by atoms with Crippen LogP contribution in [0.25, 0.3) is 11.5 Å². The van der Waals surface area contributed by atoms with E-state index in [1.807, 2.05) is 20.8 Å². The summed E-state index contributed by atoms with van der Waals surface area (Å²) in [6.07, 6.45) is 1.57. The normalized spacial score (nSPS) is 12.6. The molecule has 0 spiro atoms. The molecule has 19 heavy (non-hydrogen) atoms. The number of nitrogens with one attached hydrogen (secondary N) is 1. The summed E-state index contributed by atoms with van der Waals surface area (Å²) in [4.78, 5) is 11.8. The van der Waals surface area contributed by atoms with Crippen molar-refractivity contribution in [1.29, 1.82) is 0 Å². The van der Waals surface area contributed by atoms with Crippen LogP contribution in [0.15, 0.2) is 33.4 Å². The number of carbonyl (C=O) groups excluding carboxylic acids is 1. The molecule has 2 rings (SSSR count). The lowest BCUT2D eigenvalue weighted by molar-refractivity contribution is -0.125. The van der Waals surface area contributed by atoms with Gasteiger partial charge in [-0.1, -0.05) is 25.9 Å². The van der Waals surface area contributed by atoms with Gasteiger partial charge >= 0.3 is 0 Å². The highest BCUT2D eigenvalue weighted by Crippen LogP contribution is 2.20. The first-order chi connectivity index (χ1) is 9.08. The Morgan fingerprint density at radius 2 is 2.16 bits per heavy atom. The van der Waals surface area contributed by atoms with E-state index in [2.05, 4.69) is 10.5 Å². The van der Waals surface area contributed by atoms with E-state index in [-0.39, 0.29) is 11.8 Å². The maximum Gasteiger partial charge on any atom is 0.223 e. The van der Waals surface area contributed by atoms with E-state index in [0.717, 1.165) is 0 Å². The van der Waals surface area contributed by atoms with Gasteiger partial charge in [-0.05, 0) is 18.1 Å². The number of nitrogens with zero attached hydrogens (tertiary/aromatic N) is 1. The van der Waals surface area contributed by atoms with Crippen molar-refractivity contribution in [2.75, 3.05) is 0 Å². The van der Waals surface area contributed by atoms with E-state index in [1.54, 1.807) is 24.5 Å². The monoisotopic (exact) mass is 262 g/mol. The van der Waals surface area contributed by atoms with Gasteiger partial charge in [0.25, 0.3) is 0 Å². The fraction of sp³-hybridized carbons (Fsp3) is 0.429. The van der Waals surface area contributed by atoms with Gasteiger partial charge in [0.1, 0.15) is 5.69 Å². The summed E-state index contributed by atoms with van der Waals surface area (Å²) in [6, 6.07) is 5.34. The summed E-state index contributed by atoms with van der Waals surface area (Å²) >= 11 is 0. The average molecular weight is 262 g/mol. The standard InChI is InChI=1S/C14H18N2O3/c1-9(2)10(3)14(17)15-8-11-7-13(19-16-11)12-5-4-6-18-12/h4-7,9-10H,8H2,1-3H3,(H,15,17). The van der Waals surface area contributed by atoms with Gasteiger partial charge in [0, 0.05) is 12.0 Å². The van der Waals surface area contributed by atoms with E-state index in [0.29, 0.717) is 29.7 Å². The Labute approximate surface area is 112 Å². The number of rotatable bonds is 5. The summed E-state index contributed by atoms with van der Waals surface area (Å²) in [5, 5.41) is 6.75. The zero-order chi connectivity index (χ0) is 13.8. The van der Waals surface area contributed by atoms with Crippen molar-refractivity contribution in [2.45, 2.75) is 27.3 Å². The quantitative estimate of drug-likeness (QED) is 0.899. The predicted octanol–water partition coefficient (Wildman–Crippen LogP) is 2.84. The number of amides is 1. The van der Waals surface area contributed by atoms with Gasteiger partial charge in [-0.3, -0.25) is 4.79 Å². The predicted molar refractivity (Wildman–Crippen MR) is 70.1 cm³/mol. The van der Waals surface area contributed by atoms with Crippen molar-refractivity contribution in [3.8, 4) is 11.5 Å². The topological polar surface area (TPSA) is 68.3 Å². The van der Waals surface area contributed by atoms with Crippen LogP contribution in [-0.4, -0.2) is 11.1 Å². The largest absolute Gasteiger partial charge is 0.461 e. The molecule has 0 fully saturated rings. The molecule has 1 atom stereocenters. The van der Waals surface area contributed by atoms with Crippen LogP contribution in [0, 0.1) is 11.8 Å². The second-order valence-corrected chi connectivity index (χ2v) is 4.91. The van der Waals surface area contributed by atoms with Gasteiger partial charge in [-0.2, -0.15) is 0 Å². The number of hydrogen-bond acceptors (Lipinski definition) is 4. The molecular weight excluding hydrogens is 244 g/mol. The van der Waals surface area contributed by atoms with Crippen LogP contribution >= 0.6 is 0 Å². The summed E-state index contributed by atoms with van der Waals surface area (Å²) in [7, 11) is 0. The molecule has 0 aromatic carbocycles. The summed E-state index contributed by atoms with van der Waals surface area (Å²) in [5.74, 6) is 1.51. The molecule has 0 saturated carbocycles. The second-order valence-electron chi connectivity index (χ2n) is 4.91. The highest BCUT2D eigenvalue weighted by atomic mass is 16.5. The maximum absolute atomic E-state index is 11.8. The van der Waals surface area contributed by atoms with Crippen molar-refractivity contribution in [1.82, 2.24) is 10.5 Å². The Kier molecular flexibility index (Phi) is 4.04. The summed E-state index contributed by atoms with van der Waals surface area (Å²) in [6.45, 7) is 6.32. The molecule has 0 aliphatic carbocycles. The number of carbonyl (C=O) groups is 1. The van der Waals surface area contributed by atoms with E-state index in [4.69, 9.17) is 8.94 Å². The van der Waals surface area contributed by atoms with Crippen molar-refractivity contribution < 1.29 is 13.7 Å². The number of aromatic nitrogens is 1. The van der Waals surface area contributed by atoms with Gasteiger partial charge in [-0.15, -0.1) is 0 Å². The fourth-order valence-corrected chi connectivity index (χ4v) is 1.57. The molecule has 2 heterocycles. The van der Waals surface area contributed by atoms with Gasteiger partial charge < -0.3 is 14.3 Å². The van der Waals surface area contributed by atoms with Gasteiger partial charge in [0.2, 0.25) is 11.7 Å². The lowest BCUT2D eigenvalue weighted by Gasteiger charge is -2.14. The van der Waals surface area contributed by atoms with Crippen LogP contribution in [0.5, 0.6) is 0 Å². The minimum atomic E-state index is -0.0172. The molecule has 2 aromatic rings. The van der Waals surface area contributed by atoms with Crippen LogP contribution in [0.2, 0.25) is 0 Å². The molecule has 2 aromatic heterocycles. The third-order valence-corrected chi connectivity index (χ3v) is 3.18. The van der Waals surface area contributed by atoms with Crippen molar-refractivity contribution in [3.05, 3.63) is 30.2 Å². The molecule has 102 valence electrons. The SMILES string of the molecule is CC(C)C(C)C(=O)NCc1cc(-c2ccco2)on1. The minimum absolute atomic E-state index is 0.0172. The van der Waals surface area contributed by atoms with Crippen LogP contribution in [0.4, 0.5) is 0 Å². The Morgan fingerprint density at radius 3 is 2.79 bits per heavy atom. The highest BCUT2D eigenvalue weighted by Gasteiger charge is 2.17. The minimum Gasteiger partial charge on any atom is -0.461 e. The molecule has 1 amide bonds. The van der Waals surface area contributed by atoms with Gasteiger partial charge in [0.05, 0.1) is 12.8 Å². The first-order valence-corrected chi connectivity index (χ1v) is 6.35. The van der Waals surface area contributed by atoms with Crippen molar-refractivity contribution in [3.63, 3.8) is 0 Å². The van der Waals surface area contributed by atoms with E-state index >= 15 is 0 Å². The molecular formula is C14H18N2O3. The molecule has 0 saturated heterocycles. The van der Waals surface area contributed by atoms with Crippen LogP contribution in [0.3, 0.4) is 0 Å². The maximum atomic E-state index is 11.8. The smallest absolute Gasteiger partial charge is 0.223 e. The fourth-order valence-electron chi connectivity index (χ4n) is 1.57. The number of furan rings is 1. The first-order valence-electron chi connectivity index (χ1n) is 6.35. The zero-order valence-corrected chi connectivity index (χ0v) is 11.3. The molecule has 0 bridgehead atoms. The van der Waals surface area contributed by atoms with Gasteiger partial charge in [0.15, 0.2) is 5.76 Å². The number of hydrogen-bond donors (Lipinski definition) is 1. The first kappa shape index (κ1) is 13.4. The summed E-state index contributed by atoms with van der Waals surface area (Å²) in [5.41, 5.74) is 0.677. The lowest BCUT2D eigenvalue weighted by atomic mass is 9.97. The molecule has 0 aliphatic heterocycles. The second kappa shape index (κ2) is 5.73. The Hall–Kier alpha value is -2.04. The average Bonchev–Trinajstić information content (AvgIpc) is 3.04. The molecule has 5 nitrogen and oxygen atoms in total. The highest BCUT2D eigenvalue weighted by molar-refractivity contribution is 5.78. The van der Waals surface area contributed by atoms with Crippen molar-refractivity contribution >= 4 is 5.91 Å². The van der Waals surface area contributed by atoms with Crippen LogP contribution in [0.1, 0.15) is 26.5 Å². The van der Waals surface area contributed by atoms with Gasteiger partial charge in [-0.25, -0.2) is 0 Å². The third-order valence-electron chi connectivity index (χ3n) is 3.18. The Bertz CT molecular complexity index is 529. The van der Waals surface area contributed by atoms with Crippen molar-refractivity contribution in [2.24, 2.45) is 11.8 Å². The molecule has 5 heteroatoms. The Morgan fingerprint density at radius 1 is 1.37 bits per heavy atom. The summed E-state index contributed by atoms with van der Waals surface area (Å²) < 4.78 is 10.4. The van der Waals surface area contributed by atoms with Crippen LogP contribution < -0.4 is 5.32 Å². The molecule has 0 aliphatic rings. The van der Waals surface area contributed by atoms with E-state index in [1.165, 1.54) is 0 Å².